The van der Waals surface area contributed by atoms with E-state index in [1.165, 1.54) is 21.8 Å². The van der Waals surface area contributed by atoms with Crippen molar-refractivity contribution in [2.24, 2.45) is 0 Å². The smallest absolute Gasteiger partial charge is 0.339 e. The Morgan fingerprint density at radius 3 is 2.72 bits per heavy atom. The Kier molecular flexibility index (Phi) is 5.20. The van der Waals surface area contributed by atoms with Crippen molar-refractivity contribution in [3.63, 3.8) is 0 Å². The molecule has 6 nitrogen and oxygen atoms in total. The first-order valence-electron chi connectivity index (χ1n) is 9.80. The third-order valence-electron chi connectivity index (χ3n) is 5.07. The molecule has 158 valence electrons. The van der Waals surface area contributed by atoms with Gasteiger partial charge in [0, 0.05) is 33.1 Å². The van der Waals surface area contributed by atoms with Crippen molar-refractivity contribution in [3.05, 3.63) is 98.4 Å². The molecule has 0 aliphatic carbocycles. The van der Waals surface area contributed by atoms with Crippen molar-refractivity contribution < 1.29 is 9.53 Å². The number of carbonyl (C=O) groups excluding carboxylic acids is 1. The molecule has 2 aromatic carbocycles. The maximum absolute atomic E-state index is 13.1. The van der Waals surface area contributed by atoms with Crippen molar-refractivity contribution in [1.82, 2.24) is 14.4 Å². The van der Waals surface area contributed by atoms with Crippen LogP contribution in [0.2, 0.25) is 5.02 Å². The molecule has 3 heterocycles. The molecule has 0 aliphatic rings. The van der Waals surface area contributed by atoms with E-state index < -0.39 is 5.97 Å². The zero-order valence-corrected chi connectivity index (χ0v) is 18.5. The van der Waals surface area contributed by atoms with Gasteiger partial charge in [0.1, 0.15) is 6.61 Å². The third-order valence-corrected chi connectivity index (χ3v) is 6.34. The average molecular weight is 462 g/mol. The van der Waals surface area contributed by atoms with Gasteiger partial charge in [-0.1, -0.05) is 48.0 Å². The van der Waals surface area contributed by atoms with Crippen LogP contribution in [-0.2, 0) is 11.3 Å². The lowest BCUT2D eigenvalue weighted by Gasteiger charge is -2.11. The van der Waals surface area contributed by atoms with Gasteiger partial charge in [-0.2, -0.15) is 0 Å². The molecule has 3 aromatic heterocycles. The largest absolute Gasteiger partial charge is 0.456 e. The highest BCUT2D eigenvalue weighted by Gasteiger charge is 2.17. The molecule has 0 atom stereocenters. The zero-order valence-electron chi connectivity index (χ0n) is 16.9. The molecule has 5 aromatic rings. The summed E-state index contributed by atoms with van der Waals surface area (Å²) >= 11 is 7.72. The molecule has 0 bridgehead atoms. The molecular formula is C24H16ClN3O3S. The average Bonchev–Trinajstić information content (AvgIpc) is 3.18. The number of aryl methyl sites for hydroxylation is 1. The Morgan fingerprint density at radius 2 is 1.88 bits per heavy atom. The van der Waals surface area contributed by atoms with E-state index in [1.54, 1.807) is 12.1 Å². The number of aromatic nitrogens is 3. The Bertz CT molecular complexity index is 1560. The second-order valence-corrected chi connectivity index (χ2v) is 8.45. The van der Waals surface area contributed by atoms with Crippen LogP contribution in [0.4, 0.5) is 0 Å². The van der Waals surface area contributed by atoms with Crippen molar-refractivity contribution in [1.29, 1.82) is 0 Å². The number of para-hydroxylation sites is 1. The molecule has 8 heteroatoms. The van der Waals surface area contributed by atoms with Gasteiger partial charge in [-0.05, 0) is 25.1 Å². The van der Waals surface area contributed by atoms with E-state index in [-0.39, 0.29) is 12.2 Å². The quantitative estimate of drug-likeness (QED) is 0.340. The lowest BCUT2D eigenvalue weighted by Crippen LogP contribution is -2.16. The van der Waals surface area contributed by atoms with E-state index in [2.05, 4.69) is 9.97 Å². The predicted molar refractivity (Wildman–Crippen MR) is 125 cm³/mol. The predicted octanol–water partition coefficient (Wildman–Crippen LogP) is 5.29. The molecule has 5 rings (SSSR count). The highest BCUT2D eigenvalue weighted by molar-refractivity contribution is 7.15. The number of hydrogen-bond donors (Lipinski definition) is 0. The molecule has 0 N–H and O–H groups in total. The number of hydrogen-bond acceptors (Lipinski definition) is 6. The molecule has 32 heavy (non-hydrogen) atoms. The number of thiazole rings is 1. The van der Waals surface area contributed by atoms with Crippen LogP contribution in [0.25, 0.3) is 27.1 Å². The van der Waals surface area contributed by atoms with E-state index in [1.807, 2.05) is 54.8 Å². The second kappa shape index (κ2) is 8.18. The summed E-state index contributed by atoms with van der Waals surface area (Å²) in [5.41, 5.74) is 3.35. The highest BCUT2D eigenvalue weighted by Crippen LogP contribution is 2.30. The summed E-state index contributed by atoms with van der Waals surface area (Å²) in [7, 11) is 0. The highest BCUT2D eigenvalue weighted by atomic mass is 35.5. The van der Waals surface area contributed by atoms with Gasteiger partial charge >= 0.3 is 5.97 Å². The minimum absolute atomic E-state index is 0.112. The first kappa shape index (κ1) is 20.4. The van der Waals surface area contributed by atoms with Crippen LogP contribution in [0.3, 0.4) is 0 Å². The van der Waals surface area contributed by atoms with E-state index >= 15 is 0 Å². The van der Waals surface area contributed by atoms with Crippen LogP contribution in [-0.4, -0.2) is 20.3 Å². The van der Waals surface area contributed by atoms with Gasteiger partial charge in [0.25, 0.3) is 5.56 Å². The lowest BCUT2D eigenvalue weighted by atomic mass is 10.0. The summed E-state index contributed by atoms with van der Waals surface area (Å²) in [6, 6.07) is 17.7. The van der Waals surface area contributed by atoms with Crippen LogP contribution in [0.1, 0.15) is 21.7 Å². The van der Waals surface area contributed by atoms with Gasteiger partial charge in [0.2, 0.25) is 0 Å². The molecule has 0 saturated heterocycles. The van der Waals surface area contributed by atoms with Crippen LogP contribution >= 0.6 is 22.9 Å². The number of esters is 1. The van der Waals surface area contributed by atoms with Crippen molar-refractivity contribution in [3.8, 4) is 11.3 Å². The molecule has 0 fully saturated rings. The summed E-state index contributed by atoms with van der Waals surface area (Å²) in [5.74, 6) is -0.527. The fourth-order valence-corrected chi connectivity index (χ4v) is 4.67. The molecule has 0 spiro atoms. The maximum Gasteiger partial charge on any atom is 0.339 e. The molecule has 0 saturated carbocycles. The van der Waals surface area contributed by atoms with Gasteiger partial charge in [-0.15, -0.1) is 11.3 Å². The fourth-order valence-electron chi connectivity index (χ4n) is 3.54. The normalized spacial score (nSPS) is 11.2. The monoisotopic (exact) mass is 461 g/mol. The molecular weight excluding hydrogens is 446 g/mol. The topological polar surface area (TPSA) is 73.6 Å². The summed E-state index contributed by atoms with van der Waals surface area (Å²) in [6.07, 6.45) is 0. The lowest BCUT2D eigenvalue weighted by molar-refractivity contribution is 0.0470. The summed E-state index contributed by atoms with van der Waals surface area (Å²) in [5, 5.41) is 3.07. The summed E-state index contributed by atoms with van der Waals surface area (Å²) < 4.78 is 7.08. The van der Waals surface area contributed by atoms with Crippen LogP contribution in [0.5, 0.6) is 0 Å². The van der Waals surface area contributed by atoms with Crippen molar-refractivity contribution in [2.75, 3.05) is 0 Å². The number of pyridine rings is 1. The number of carbonyl (C=O) groups is 1. The molecule has 0 radical (unpaired) electrons. The Labute approximate surface area is 191 Å². The van der Waals surface area contributed by atoms with Crippen LogP contribution < -0.4 is 5.56 Å². The number of nitrogens with zero attached hydrogens (tertiary/aromatic N) is 3. The third kappa shape index (κ3) is 3.66. The number of rotatable bonds is 4. The van der Waals surface area contributed by atoms with E-state index in [0.29, 0.717) is 37.8 Å². The van der Waals surface area contributed by atoms with Crippen LogP contribution in [0, 0.1) is 6.92 Å². The van der Waals surface area contributed by atoms with E-state index in [4.69, 9.17) is 16.3 Å². The molecule has 0 unspecified atom stereocenters. The maximum atomic E-state index is 13.1. The summed E-state index contributed by atoms with van der Waals surface area (Å²) in [6.45, 7) is 1.73. The Hall–Kier alpha value is -3.55. The van der Waals surface area contributed by atoms with Gasteiger partial charge in [-0.3, -0.25) is 9.20 Å². The van der Waals surface area contributed by atoms with Crippen molar-refractivity contribution in [2.45, 2.75) is 13.5 Å². The Morgan fingerprint density at radius 1 is 1.09 bits per heavy atom. The van der Waals surface area contributed by atoms with E-state index in [0.717, 1.165) is 11.3 Å². The van der Waals surface area contributed by atoms with Gasteiger partial charge in [-0.25, -0.2) is 14.8 Å². The zero-order chi connectivity index (χ0) is 22.2. The van der Waals surface area contributed by atoms with Gasteiger partial charge < -0.3 is 4.74 Å². The van der Waals surface area contributed by atoms with Gasteiger partial charge in [0.05, 0.1) is 22.5 Å². The number of fused-ring (bicyclic) bond motifs is 2. The molecule has 0 aliphatic heterocycles. The fraction of sp³-hybridized carbons (Fsp3) is 0.0833. The van der Waals surface area contributed by atoms with E-state index in [9.17, 15) is 9.59 Å². The number of benzene rings is 2. The number of halogens is 1. The minimum Gasteiger partial charge on any atom is -0.456 e. The summed E-state index contributed by atoms with van der Waals surface area (Å²) in [4.78, 5) is 35.1. The SMILES string of the molecule is Cc1csc2nc(COC(=O)c3cc(-c4ccccc4Cl)nc4ccccc34)cc(=O)n12. The molecule has 0 amide bonds. The first-order valence-corrected chi connectivity index (χ1v) is 11.1. The first-order chi connectivity index (χ1) is 15.5. The number of ether oxygens (including phenoxy) is 1. The van der Waals surface area contributed by atoms with Gasteiger partial charge in [0.15, 0.2) is 4.96 Å². The van der Waals surface area contributed by atoms with Crippen molar-refractivity contribution >= 4 is 44.8 Å². The standard InChI is InChI=1S/C24H16ClN3O3S/c1-14-13-32-24-26-15(10-22(29)28(14)24)12-31-23(30)18-11-21(17-7-2-4-8-19(17)25)27-20-9-5-3-6-16(18)20/h2-11,13H,12H2,1H3. The minimum atomic E-state index is -0.527. The second-order valence-electron chi connectivity index (χ2n) is 7.21. The Balaban J connectivity index is 1.50. The van der Waals surface area contributed by atoms with Crippen LogP contribution in [0.15, 0.2) is 70.8 Å².